The number of anilines is 1. The van der Waals surface area contributed by atoms with E-state index in [4.69, 9.17) is 0 Å². The maximum Gasteiger partial charge on any atom is 0.274 e. The van der Waals surface area contributed by atoms with Gasteiger partial charge in [-0.3, -0.25) is 14.9 Å². The second kappa shape index (κ2) is 6.02. The lowest BCUT2D eigenvalue weighted by Crippen LogP contribution is -2.10. The molecule has 0 aliphatic rings. The first-order valence-electron chi connectivity index (χ1n) is 5.39. The van der Waals surface area contributed by atoms with E-state index in [0.29, 0.717) is 16.1 Å². The van der Waals surface area contributed by atoms with Crippen LogP contribution in [-0.4, -0.2) is 10.8 Å². The molecule has 0 unspecified atom stereocenters. The first-order valence-corrected chi connectivity index (χ1v) is 7.80. The second-order valence-electron chi connectivity index (χ2n) is 3.94. The number of nitrogens with one attached hydrogen (secondary N) is 1. The summed E-state index contributed by atoms with van der Waals surface area (Å²) in [6, 6.07) is 6.28. The molecule has 0 aliphatic carbocycles. The molecule has 1 heterocycles. The van der Waals surface area contributed by atoms with Crippen molar-refractivity contribution < 1.29 is 9.72 Å². The normalized spacial score (nSPS) is 10.3. The Bertz CT molecular complexity index is 681. The van der Waals surface area contributed by atoms with Crippen LogP contribution in [0.3, 0.4) is 0 Å². The summed E-state index contributed by atoms with van der Waals surface area (Å²) in [5.74, 6) is -0.306. The first-order chi connectivity index (χ1) is 9.38. The van der Waals surface area contributed by atoms with E-state index in [1.807, 2.05) is 0 Å². The van der Waals surface area contributed by atoms with E-state index in [1.165, 1.54) is 17.4 Å². The van der Waals surface area contributed by atoms with Crippen LogP contribution in [-0.2, 0) is 0 Å². The number of thiophene rings is 1. The Morgan fingerprint density at radius 3 is 2.60 bits per heavy atom. The number of halogens is 2. The van der Waals surface area contributed by atoms with Crippen LogP contribution in [0.4, 0.5) is 11.4 Å². The van der Waals surface area contributed by atoms with E-state index in [1.54, 1.807) is 25.1 Å². The largest absolute Gasteiger partial charge is 0.321 e. The zero-order chi connectivity index (χ0) is 14.9. The third-order valence-corrected chi connectivity index (χ3v) is 5.79. The Kier molecular flexibility index (Phi) is 4.56. The van der Waals surface area contributed by atoms with Crippen molar-refractivity contribution in [2.24, 2.45) is 0 Å². The zero-order valence-corrected chi connectivity index (χ0v) is 14.1. The number of hydrogen-bond acceptors (Lipinski definition) is 4. The minimum Gasteiger partial charge on any atom is -0.321 e. The molecule has 1 aromatic heterocycles. The molecule has 1 N–H and O–H groups in total. The van der Waals surface area contributed by atoms with Gasteiger partial charge in [-0.2, -0.15) is 0 Å². The number of aryl methyl sites for hydroxylation is 1. The highest BCUT2D eigenvalue weighted by Crippen LogP contribution is 2.33. The van der Waals surface area contributed by atoms with Crippen molar-refractivity contribution in [1.29, 1.82) is 0 Å². The molecule has 1 amide bonds. The predicted molar refractivity (Wildman–Crippen MR) is 85.5 cm³/mol. The molecule has 0 saturated carbocycles. The number of nitrogens with zero attached hydrogens (tertiary/aromatic N) is 1. The van der Waals surface area contributed by atoms with Crippen molar-refractivity contribution in [2.45, 2.75) is 6.92 Å². The minimum atomic E-state index is -0.469. The maximum atomic E-state index is 12.0. The van der Waals surface area contributed by atoms with Gasteiger partial charge in [0.25, 0.3) is 11.6 Å². The Balaban J connectivity index is 2.24. The Morgan fingerprint density at radius 2 is 2.05 bits per heavy atom. The van der Waals surface area contributed by atoms with E-state index in [2.05, 4.69) is 37.2 Å². The van der Waals surface area contributed by atoms with Gasteiger partial charge in [0, 0.05) is 21.8 Å². The Hall–Kier alpha value is -1.25. The van der Waals surface area contributed by atoms with Crippen molar-refractivity contribution in [3.05, 3.63) is 53.1 Å². The molecular weight excluding hydrogens is 412 g/mol. The molecule has 0 spiro atoms. The fourth-order valence-corrected chi connectivity index (χ4v) is 3.47. The molecule has 0 aliphatic heterocycles. The van der Waals surface area contributed by atoms with Crippen LogP contribution >= 0.6 is 43.2 Å². The molecule has 5 nitrogen and oxygen atoms in total. The SMILES string of the molecule is Cc1ccc(NC(=O)c2cc(Br)c(Br)s2)cc1[N+](=O)[O-]. The molecule has 2 rings (SSSR count). The monoisotopic (exact) mass is 418 g/mol. The molecular formula is C12H8Br2N2O3S. The summed E-state index contributed by atoms with van der Waals surface area (Å²) in [5, 5.41) is 13.5. The molecule has 0 radical (unpaired) electrons. The quantitative estimate of drug-likeness (QED) is 0.576. The fourth-order valence-electron chi connectivity index (χ4n) is 1.54. The van der Waals surface area contributed by atoms with Crippen LogP contribution in [0.25, 0.3) is 0 Å². The summed E-state index contributed by atoms with van der Waals surface area (Å²) in [7, 11) is 0. The minimum absolute atomic E-state index is 0.0173. The van der Waals surface area contributed by atoms with E-state index in [0.717, 1.165) is 8.26 Å². The summed E-state index contributed by atoms with van der Waals surface area (Å²) in [6.45, 7) is 1.65. The van der Waals surface area contributed by atoms with E-state index < -0.39 is 4.92 Å². The van der Waals surface area contributed by atoms with Crippen molar-refractivity contribution in [3.63, 3.8) is 0 Å². The van der Waals surface area contributed by atoms with Crippen LogP contribution in [0.5, 0.6) is 0 Å². The average molecular weight is 420 g/mol. The highest BCUT2D eigenvalue weighted by Gasteiger charge is 2.15. The Morgan fingerprint density at radius 1 is 1.35 bits per heavy atom. The van der Waals surface area contributed by atoms with Gasteiger partial charge in [0.1, 0.15) is 0 Å². The lowest BCUT2D eigenvalue weighted by Gasteiger charge is -2.04. The van der Waals surface area contributed by atoms with Crippen molar-refractivity contribution >= 4 is 60.5 Å². The zero-order valence-electron chi connectivity index (χ0n) is 10.1. The van der Waals surface area contributed by atoms with Crippen LogP contribution in [0.1, 0.15) is 15.2 Å². The second-order valence-corrected chi connectivity index (χ2v) is 7.17. The smallest absolute Gasteiger partial charge is 0.274 e. The lowest BCUT2D eigenvalue weighted by atomic mass is 10.2. The highest BCUT2D eigenvalue weighted by atomic mass is 79.9. The number of nitro benzene ring substituents is 1. The third-order valence-electron chi connectivity index (χ3n) is 2.53. The number of carbonyl (C=O) groups excluding carboxylic acids is 1. The molecule has 8 heteroatoms. The fraction of sp³-hybridized carbons (Fsp3) is 0.0833. The molecule has 2 aromatic rings. The van der Waals surface area contributed by atoms with Crippen LogP contribution in [0, 0.1) is 17.0 Å². The van der Waals surface area contributed by atoms with E-state index in [-0.39, 0.29) is 11.6 Å². The maximum absolute atomic E-state index is 12.0. The predicted octanol–water partition coefficient (Wildman–Crippen LogP) is 4.74. The lowest BCUT2D eigenvalue weighted by molar-refractivity contribution is -0.385. The number of benzene rings is 1. The molecule has 1 aromatic carbocycles. The van der Waals surface area contributed by atoms with Gasteiger partial charge in [0.05, 0.1) is 13.6 Å². The molecule has 0 saturated heterocycles. The first kappa shape index (κ1) is 15.1. The molecule has 20 heavy (non-hydrogen) atoms. The average Bonchev–Trinajstić information content (AvgIpc) is 2.72. The number of amides is 1. The molecule has 0 fully saturated rings. The number of carbonyl (C=O) groups is 1. The van der Waals surface area contributed by atoms with Gasteiger partial charge in [-0.05, 0) is 50.9 Å². The molecule has 0 atom stereocenters. The van der Waals surface area contributed by atoms with E-state index >= 15 is 0 Å². The van der Waals surface area contributed by atoms with Crippen molar-refractivity contribution in [1.82, 2.24) is 0 Å². The molecule has 104 valence electrons. The summed E-state index contributed by atoms with van der Waals surface area (Å²) in [6.07, 6.45) is 0. The summed E-state index contributed by atoms with van der Waals surface area (Å²) < 4.78 is 1.61. The Labute approximate surface area is 135 Å². The highest BCUT2D eigenvalue weighted by molar-refractivity contribution is 9.13. The topological polar surface area (TPSA) is 72.2 Å². The number of rotatable bonds is 3. The van der Waals surface area contributed by atoms with Gasteiger partial charge in [-0.15, -0.1) is 11.3 Å². The van der Waals surface area contributed by atoms with Crippen LogP contribution in [0.15, 0.2) is 32.5 Å². The van der Waals surface area contributed by atoms with Gasteiger partial charge in [-0.1, -0.05) is 6.07 Å². The van der Waals surface area contributed by atoms with Gasteiger partial charge in [0.2, 0.25) is 0 Å². The summed E-state index contributed by atoms with van der Waals surface area (Å²) in [5.41, 5.74) is 0.930. The standard InChI is InChI=1S/C12H8Br2N2O3S/c1-6-2-3-7(4-9(6)16(18)19)15-12(17)10-5-8(13)11(14)20-10/h2-5H,1H3,(H,15,17). The molecule has 0 bridgehead atoms. The van der Waals surface area contributed by atoms with E-state index in [9.17, 15) is 14.9 Å². The van der Waals surface area contributed by atoms with Crippen LogP contribution < -0.4 is 5.32 Å². The van der Waals surface area contributed by atoms with Crippen LogP contribution in [0.2, 0.25) is 0 Å². The number of nitro groups is 1. The van der Waals surface area contributed by atoms with Crippen molar-refractivity contribution in [3.8, 4) is 0 Å². The summed E-state index contributed by atoms with van der Waals surface area (Å²) in [4.78, 5) is 22.9. The van der Waals surface area contributed by atoms with Gasteiger partial charge < -0.3 is 5.32 Å². The van der Waals surface area contributed by atoms with Crippen molar-refractivity contribution in [2.75, 3.05) is 5.32 Å². The van der Waals surface area contributed by atoms with Gasteiger partial charge in [-0.25, -0.2) is 0 Å². The summed E-state index contributed by atoms with van der Waals surface area (Å²) >= 11 is 7.90. The number of hydrogen-bond donors (Lipinski definition) is 1. The van der Waals surface area contributed by atoms with Gasteiger partial charge >= 0.3 is 0 Å². The van der Waals surface area contributed by atoms with Gasteiger partial charge in [0.15, 0.2) is 0 Å². The third kappa shape index (κ3) is 3.25.